The van der Waals surface area contributed by atoms with Gasteiger partial charge in [0.25, 0.3) is 0 Å². The van der Waals surface area contributed by atoms with E-state index < -0.39 is 0 Å². The van der Waals surface area contributed by atoms with E-state index >= 15 is 0 Å². The first-order chi connectivity index (χ1) is 5.34. The van der Waals surface area contributed by atoms with E-state index in [1.54, 1.807) is 6.34 Å². The largest absolute Gasteiger partial charge is 0.467 e. The number of carbonyl (C=O) groups excluding carboxylic acids is 1. The molecule has 1 N–H and O–H groups in total. The fourth-order valence-corrected chi connectivity index (χ4v) is 0.994. The van der Waals surface area contributed by atoms with Crippen LogP contribution in [0.4, 0.5) is 0 Å². The molecule has 0 radical (unpaired) electrons. The zero-order valence-corrected chi connectivity index (χ0v) is 7.76. The number of hydrogen-bond donors (Lipinski definition) is 1. The molecule has 1 unspecified atom stereocenters. The number of methoxy groups -OCH3 is 1. The molecule has 0 fully saturated rings. The maximum atomic E-state index is 11.0. The van der Waals surface area contributed by atoms with Gasteiger partial charge in [-0.25, -0.2) is 4.79 Å². The molecule has 1 rings (SSSR count). The molecule has 0 saturated heterocycles. The maximum absolute atomic E-state index is 11.0. The minimum Gasteiger partial charge on any atom is -0.467 e. The summed E-state index contributed by atoms with van der Waals surface area (Å²) in [5, 5.41) is 2.96. The number of nitrogens with zero attached hydrogens (tertiary/aromatic N) is 1. The van der Waals surface area contributed by atoms with E-state index in [1.165, 1.54) is 7.11 Å². The van der Waals surface area contributed by atoms with Gasteiger partial charge in [-0.1, -0.05) is 0 Å². The first-order valence-electron chi connectivity index (χ1n) is 3.67. The van der Waals surface area contributed by atoms with Crippen LogP contribution in [0.15, 0.2) is 4.99 Å². The molecule has 1 aliphatic heterocycles. The smallest absolute Gasteiger partial charge is 0.330 e. The fraction of sp³-hybridized carbons (Fsp3) is 0.714. The number of rotatable bonds is 1. The van der Waals surface area contributed by atoms with Crippen molar-refractivity contribution in [3.63, 3.8) is 0 Å². The third-order valence-electron chi connectivity index (χ3n) is 1.62. The minimum atomic E-state index is -0.296. The lowest BCUT2D eigenvalue weighted by atomic mass is 10.2. The zero-order chi connectivity index (χ0) is 8.10. The lowest BCUT2D eigenvalue weighted by molar-refractivity contribution is -0.142. The van der Waals surface area contributed by atoms with Gasteiger partial charge in [0.1, 0.15) is 6.04 Å². The van der Waals surface area contributed by atoms with Crippen molar-refractivity contribution in [1.82, 2.24) is 5.32 Å². The van der Waals surface area contributed by atoms with E-state index in [1.807, 2.05) is 0 Å². The number of esters is 1. The fourth-order valence-electron chi connectivity index (χ4n) is 0.994. The predicted octanol–water partition coefficient (Wildman–Crippen LogP) is 0.361. The van der Waals surface area contributed by atoms with Gasteiger partial charge in [0.2, 0.25) is 0 Å². The molecular formula is C7H13ClN2O2. The second-order valence-corrected chi connectivity index (χ2v) is 2.41. The Kier molecular flexibility index (Phi) is 5.45. The van der Waals surface area contributed by atoms with Crippen LogP contribution in [0, 0.1) is 0 Å². The number of aliphatic imine (C=N–C) groups is 1. The normalized spacial score (nSPS) is 21.6. The molecule has 12 heavy (non-hydrogen) atoms. The molecular weight excluding hydrogens is 180 g/mol. The number of carbonyl (C=O) groups is 1. The summed E-state index contributed by atoms with van der Waals surface area (Å²) in [4.78, 5) is 14.9. The Labute approximate surface area is 77.8 Å². The number of nitrogens with one attached hydrogen (secondary N) is 1. The zero-order valence-electron chi connectivity index (χ0n) is 6.95. The summed E-state index contributed by atoms with van der Waals surface area (Å²) in [6.07, 6.45) is 3.31. The SMILES string of the molecule is COC(=O)C1CCCNC=N1.Cl. The van der Waals surface area contributed by atoms with Gasteiger partial charge in [-0.05, 0) is 12.8 Å². The molecule has 0 saturated carbocycles. The molecule has 4 nitrogen and oxygen atoms in total. The van der Waals surface area contributed by atoms with E-state index in [0.717, 1.165) is 19.4 Å². The first kappa shape index (κ1) is 11.2. The average Bonchev–Trinajstić information content (AvgIpc) is 2.30. The monoisotopic (exact) mass is 192 g/mol. The first-order valence-corrected chi connectivity index (χ1v) is 3.67. The highest BCUT2D eigenvalue weighted by atomic mass is 35.5. The van der Waals surface area contributed by atoms with Crippen LogP contribution < -0.4 is 5.32 Å². The molecule has 0 aromatic heterocycles. The average molecular weight is 193 g/mol. The molecule has 5 heteroatoms. The Morgan fingerprint density at radius 3 is 3.17 bits per heavy atom. The van der Waals surface area contributed by atoms with Crippen molar-refractivity contribution in [2.45, 2.75) is 18.9 Å². The van der Waals surface area contributed by atoms with Crippen LogP contribution in [-0.2, 0) is 9.53 Å². The highest BCUT2D eigenvalue weighted by molar-refractivity contribution is 5.85. The maximum Gasteiger partial charge on any atom is 0.330 e. The van der Waals surface area contributed by atoms with Crippen molar-refractivity contribution in [1.29, 1.82) is 0 Å². The van der Waals surface area contributed by atoms with Gasteiger partial charge < -0.3 is 10.1 Å². The number of ether oxygens (including phenoxy) is 1. The van der Waals surface area contributed by atoms with Crippen LogP contribution in [-0.4, -0.2) is 32.0 Å². The van der Waals surface area contributed by atoms with Crippen molar-refractivity contribution in [3.8, 4) is 0 Å². The summed E-state index contributed by atoms with van der Waals surface area (Å²) in [5.41, 5.74) is 0. The van der Waals surface area contributed by atoms with E-state index in [9.17, 15) is 4.79 Å². The standard InChI is InChI=1S/C7H12N2O2.ClH/c1-11-7(10)6-3-2-4-8-5-9-6;/h5-6H,2-4H2,1H3,(H,8,9);1H. The second-order valence-electron chi connectivity index (χ2n) is 2.41. The van der Waals surface area contributed by atoms with Crippen LogP contribution in [0.2, 0.25) is 0 Å². The third kappa shape index (κ3) is 3.09. The van der Waals surface area contributed by atoms with E-state index in [0.29, 0.717) is 0 Å². The second kappa shape index (κ2) is 5.83. The summed E-state index contributed by atoms with van der Waals surface area (Å²) in [5.74, 6) is -0.245. The quantitative estimate of drug-likeness (QED) is 0.611. The van der Waals surface area contributed by atoms with Gasteiger partial charge >= 0.3 is 5.97 Å². The minimum absolute atomic E-state index is 0. The topological polar surface area (TPSA) is 50.7 Å². The van der Waals surface area contributed by atoms with Crippen molar-refractivity contribution < 1.29 is 9.53 Å². The Morgan fingerprint density at radius 1 is 1.75 bits per heavy atom. The molecule has 0 aromatic carbocycles. The molecule has 0 amide bonds. The summed E-state index contributed by atoms with van der Waals surface area (Å²) in [7, 11) is 1.39. The molecule has 70 valence electrons. The van der Waals surface area contributed by atoms with E-state index in [2.05, 4.69) is 15.0 Å². The summed E-state index contributed by atoms with van der Waals surface area (Å²) in [6, 6.07) is -0.296. The Hall–Kier alpha value is -0.770. The molecule has 0 aliphatic carbocycles. The van der Waals surface area contributed by atoms with Crippen molar-refractivity contribution in [3.05, 3.63) is 0 Å². The van der Waals surface area contributed by atoms with Gasteiger partial charge in [-0.15, -0.1) is 12.4 Å². The van der Waals surface area contributed by atoms with Gasteiger partial charge in [0.05, 0.1) is 13.4 Å². The molecule has 0 spiro atoms. The predicted molar refractivity (Wildman–Crippen MR) is 48.8 cm³/mol. The van der Waals surface area contributed by atoms with Gasteiger partial charge in [-0.2, -0.15) is 0 Å². The summed E-state index contributed by atoms with van der Waals surface area (Å²) in [6.45, 7) is 0.886. The molecule has 0 aromatic rings. The van der Waals surface area contributed by atoms with Crippen LogP contribution in [0.5, 0.6) is 0 Å². The van der Waals surface area contributed by atoms with Crippen LogP contribution in [0.3, 0.4) is 0 Å². The third-order valence-corrected chi connectivity index (χ3v) is 1.62. The van der Waals surface area contributed by atoms with Gasteiger partial charge in [0, 0.05) is 6.54 Å². The number of hydrogen-bond acceptors (Lipinski definition) is 4. The number of halogens is 1. The lowest BCUT2D eigenvalue weighted by Gasteiger charge is -2.05. The Balaban J connectivity index is 0.00000121. The van der Waals surface area contributed by atoms with Crippen LogP contribution in [0.25, 0.3) is 0 Å². The van der Waals surface area contributed by atoms with Gasteiger partial charge in [0.15, 0.2) is 0 Å². The van der Waals surface area contributed by atoms with Crippen LogP contribution >= 0.6 is 12.4 Å². The van der Waals surface area contributed by atoms with E-state index in [4.69, 9.17) is 0 Å². The Bertz CT molecular complexity index is 173. The lowest BCUT2D eigenvalue weighted by Crippen LogP contribution is -2.19. The molecule has 1 heterocycles. The molecule has 1 atom stereocenters. The summed E-state index contributed by atoms with van der Waals surface area (Å²) >= 11 is 0. The molecule has 1 aliphatic rings. The molecule has 0 bridgehead atoms. The van der Waals surface area contributed by atoms with E-state index in [-0.39, 0.29) is 24.4 Å². The highest BCUT2D eigenvalue weighted by Gasteiger charge is 2.17. The van der Waals surface area contributed by atoms with Crippen LogP contribution in [0.1, 0.15) is 12.8 Å². The highest BCUT2D eigenvalue weighted by Crippen LogP contribution is 2.04. The Morgan fingerprint density at radius 2 is 2.50 bits per heavy atom. The van der Waals surface area contributed by atoms with Crippen molar-refractivity contribution in [2.24, 2.45) is 4.99 Å². The summed E-state index contributed by atoms with van der Waals surface area (Å²) < 4.78 is 4.56. The van der Waals surface area contributed by atoms with Crippen molar-refractivity contribution in [2.75, 3.05) is 13.7 Å². The van der Waals surface area contributed by atoms with Gasteiger partial charge in [-0.3, -0.25) is 4.99 Å². The van der Waals surface area contributed by atoms with Crippen molar-refractivity contribution >= 4 is 24.7 Å².